The summed E-state index contributed by atoms with van der Waals surface area (Å²) >= 11 is 0. The third kappa shape index (κ3) is 44.7. The van der Waals surface area contributed by atoms with Crippen LogP contribution < -0.4 is 0 Å². The van der Waals surface area contributed by atoms with Gasteiger partial charge < -0.3 is 34.4 Å². The number of phosphoric ester groups is 2. The first kappa shape index (κ1) is 59.3. The van der Waals surface area contributed by atoms with Gasteiger partial charge in [0, 0.05) is 12.8 Å². The third-order valence-electron chi connectivity index (χ3n) is 9.82. The van der Waals surface area contributed by atoms with Gasteiger partial charge in [-0.05, 0) is 38.0 Å². The van der Waals surface area contributed by atoms with Crippen molar-refractivity contribution in [1.82, 2.24) is 0 Å². The smallest absolute Gasteiger partial charge is 0.462 e. The molecule has 4 atom stereocenters. The molecule has 358 valence electrons. The zero-order chi connectivity index (χ0) is 45.5. The maximum absolute atomic E-state index is 12.7. The van der Waals surface area contributed by atoms with Crippen molar-refractivity contribution < 1.29 is 66.7 Å². The van der Waals surface area contributed by atoms with Crippen LogP contribution in [0.1, 0.15) is 188 Å². The molecule has 14 nitrogen and oxygen atoms in total. The normalized spacial score (nSPS) is 14.9. The van der Waals surface area contributed by atoms with E-state index >= 15 is 0 Å². The zero-order valence-corrected chi connectivity index (χ0v) is 39.6. The molecule has 0 spiro atoms. The van der Waals surface area contributed by atoms with Crippen LogP contribution in [-0.2, 0) is 41.8 Å². The second kappa shape index (κ2) is 39.9. The first-order valence-electron chi connectivity index (χ1n) is 23.1. The van der Waals surface area contributed by atoms with Gasteiger partial charge in [-0.25, -0.2) is 9.13 Å². The predicted molar refractivity (Wildman–Crippen MR) is 241 cm³/mol. The number of hydrogen-bond acceptors (Lipinski definition) is 11. The summed E-state index contributed by atoms with van der Waals surface area (Å²) < 4.78 is 47.8. The van der Waals surface area contributed by atoms with Gasteiger partial charge in [-0.3, -0.25) is 23.2 Å². The van der Waals surface area contributed by atoms with Crippen LogP contribution in [0.25, 0.3) is 0 Å². The topological polar surface area (TPSA) is 216 Å². The van der Waals surface area contributed by atoms with E-state index in [1.54, 1.807) is 6.08 Å². The lowest BCUT2D eigenvalue weighted by molar-refractivity contribution is -0.161. The number of aliphatic hydroxyl groups excluding tert-OH is 2. The Bertz CT molecular complexity index is 1250. The van der Waals surface area contributed by atoms with E-state index in [1.165, 1.54) is 77.0 Å². The minimum absolute atomic E-state index is 0.114. The molecule has 0 aromatic rings. The van der Waals surface area contributed by atoms with Crippen LogP contribution in [0.3, 0.4) is 0 Å². The molecule has 0 aliphatic heterocycles. The van der Waals surface area contributed by atoms with Crippen LogP contribution in [0.4, 0.5) is 0 Å². The Hall–Kier alpha value is -1.70. The highest BCUT2D eigenvalue weighted by Gasteiger charge is 2.28. The molecule has 0 amide bonds. The van der Waals surface area contributed by atoms with E-state index in [0.717, 1.165) is 63.7 Å². The van der Waals surface area contributed by atoms with E-state index in [-0.39, 0.29) is 12.8 Å². The molecule has 0 heterocycles. The van der Waals surface area contributed by atoms with Gasteiger partial charge in [-0.2, -0.15) is 0 Å². The summed E-state index contributed by atoms with van der Waals surface area (Å²) in [4.78, 5) is 52.8. The number of unbranched alkanes of at least 4 members (excludes halogenated alkanes) is 18. The molecule has 5 N–H and O–H groups in total. The van der Waals surface area contributed by atoms with Crippen molar-refractivity contribution in [3.63, 3.8) is 0 Å². The van der Waals surface area contributed by atoms with E-state index in [9.17, 15) is 33.8 Å². The molecule has 0 fully saturated rings. The second-order valence-electron chi connectivity index (χ2n) is 16.3. The molecule has 0 rings (SSSR count). The molecule has 0 radical (unpaired) electrons. The molecular formula is C45H84O14P2. The Labute approximate surface area is 368 Å². The first-order chi connectivity index (χ1) is 29.1. The number of aliphatic hydroxyl groups is 2. The number of rotatable bonds is 43. The van der Waals surface area contributed by atoms with Crippen molar-refractivity contribution in [1.29, 1.82) is 0 Å². The van der Waals surface area contributed by atoms with Crippen LogP contribution >= 0.6 is 15.6 Å². The molecule has 0 saturated carbocycles. The number of esters is 2. The van der Waals surface area contributed by atoms with Crippen molar-refractivity contribution in [3.05, 3.63) is 36.5 Å². The number of hydrogen-bond donors (Lipinski definition) is 5. The largest absolute Gasteiger partial charge is 0.472 e. The van der Waals surface area contributed by atoms with Crippen LogP contribution in [0.15, 0.2) is 36.5 Å². The molecule has 61 heavy (non-hydrogen) atoms. The fraction of sp³-hybridized carbons (Fsp3) is 0.822. The summed E-state index contributed by atoms with van der Waals surface area (Å²) in [7, 11) is -9.70. The summed E-state index contributed by atoms with van der Waals surface area (Å²) in [5.74, 6) is -0.292. The van der Waals surface area contributed by atoms with Crippen molar-refractivity contribution in [3.8, 4) is 0 Å². The van der Waals surface area contributed by atoms with Crippen LogP contribution in [0, 0.1) is 5.92 Å². The number of allylic oxidation sites excluding steroid dienone is 5. The van der Waals surface area contributed by atoms with Gasteiger partial charge in [0.2, 0.25) is 0 Å². The van der Waals surface area contributed by atoms with Gasteiger partial charge in [-0.15, -0.1) is 0 Å². The Morgan fingerprint density at radius 2 is 1.03 bits per heavy atom. The van der Waals surface area contributed by atoms with Crippen molar-refractivity contribution >= 4 is 27.6 Å². The van der Waals surface area contributed by atoms with E-state index in [4.69, 9.17) is 23.8 Å². The highest BCUT2D eigenvalue weighted by atomic mass is 31.2. The van der Waals surface area contributed by atoms with Gasteiger partial charge in [0.15, 0.2) is 6.10 Å². The van der Waals surface area contributed by atoms with Gasteiger partial charge in [-0.1, -0.05) is 179 Å². The van der Waals surface area contributed by atoms with E-state index in [2.05, 4.69) is 42.0 Å². The summed E-state index contributed by atoms with van der Waals surface area (Å²) in [6, 6.07) is 0. The zero-order valence-electron chi connectivity index (χ0n) is 37.8. The van der Waals surface area contributed by atoms with Gasteiger partial charge >= 0.3 is 27.6 Å². The number of phosphoric acid groups is 2. The highest BCUT2D eigenvalue weighted by molar-refractivity contribution is 7.47. The minimum atomic E-state index is -4.87. The van der Waals surface area contributed by atoms with Crippen LogP contribution in [-0.4, -0.2) is 81.6 Å². The SMILES string of the molecule is CC/C=C/C/C=C/C=C/C(O)CCCCCCCC(=O)OC[C@H](COP(=O)(O)OC[C@@H](O)COP(=O)(O)O)OC(=O)CCCCCCCCCCCCCCCCCC(C)C. The van der Waals surface area contributed by atoms with Crippen molar-refractivity contribution in [2.24, 2.45) is 5.92 Å². The molecule has 0 aromatic carbocycles. The Kier molecular flexibility index (Phi) is 38.7. The molecule has 0 aliphatic rings. The average molecular weight is 911 g/mol. The number of carbonyl (C=O) groups is 2. The lowest BCUT2D eigenvalue weighted by Gasteiger charge is -2.20. The Balaban J connectivity index is 4.53. The minimum Gasteiger partial charge on any atom is -0.462 e. The summed E-state index contributed by atoms with van der Waals surface area (Å²) in [5, 5.41) is 19.9. The van der Waals surface area contributed by atoms with E-state index < -0.39 is 72.3 Å². The summed E-state index contributed by atoms with van der Waals surface area (Å²) in [6.45, 7) is 3.87. The monoisotopic (exact) mass is 911 g/mol. The molecule has 0 saturated heterocycles. The third-order valence-corrected chi connectivity index (χ3v) is 11.3. The standard InChI is InChI=1S/C45H84O14P2/c1-4-5-6-7-17-22-27-32-41(46)33-28-23-20-25-29-34-44(48)55-38-43(39-58-61(53,54)57-37-42(47)36-56-60(50,51)52)59-45(49)35-30-24-19-16-14-12-10-8-9-11-13-15-18-21-26-31-40(2)3/h5-6,17,22,27,32,40-43,46-47H,4,7-16,18-21,23-26,28-31,33-39H2,1-3H3,(H,53,54)(H2,50,51,52)/b6-5+,22-17+,32-27+/t41?,42-,43+/m0/s1. The molecule has 2 unspecified atom stereocenters. The lowest BCUT2D eigenvalue weighted by Crippen LogP contribution is -2.30. The van der Waals surface area contributed by atoms with Crippen LogP contribution in [0.5, 0.6) is 0 Å². The second-order valence-corrected chi connectivity index (χ2v) is 19.0. The average Bonchev–Trinajstić information content (AvgIpc) is 3.20. The molecular weight excluding hydrogens is 826 g/mol. The van der Waals surface area contributed by atoms with E-state index in [0.29, 0.717) is 19.3 Å². The first-order valence-corrected chi connectivity index (χ1v) is 26.2. The van der Waals surface area contributed by atoms with Crippen molar-refractivity contribution in [2.75, 3.05) is 26.4 Å². The molecule has 16 heteroatoms. The molecule has 0 bridgehead atoms. The lowest BCUT2D eigenvalue weighted by atomic mass is 10.0. The van der Waals surface area contributed by atoms with Gasteiger partial charge in [0.1, 0.15) is 12.7 Å². The fourth-order valence-electron chi connectivity index (χ4n) is 6.31. The maximum Gasteiger partial charge on any atom is 0.472 e. The van der Waals surface area contributed by atoms with Crippen LogP contribution in [0.2, 0.25) is 0 Å². The maximum atomic E-state index is 12.7. The predicted octanol–water partition coefficient (Wildman–Crippen LogP) is 10.9. The summed E-state index contributed by atoms with van der Waals surface area (Å²) in [5.41, 5.74) is 0. The Morgan fingerprint density at radius 3 is 1.56 bits per heavy atom. The quantitative estimate of drug-likeness (QED) is 0.0127. The number of ether oxygens (including phenoxy) is 2. The van der Waals surface area contributed by atoms with Crippen molar-refractivity contribution in [2.45, 2.75) is 206 Å². The molecule has 0 aromatic heterocycles. The van der Waals surface area contributed by atoms with Gasteiger partial charge in [0.25, 0.3) is 0 Å². The van der Waals surface area contributed by atoms with Gasteiger partial charge in [0.05, 0.1) is 25.9 Å². The molecule has 0 aliphatic carbocycles. The summed E-state index contributed by atoms with van der Waals surface area (Å²) in [6.07, 6.45) is 34.4. The number of carbonyl (C=O) groups excluding carboxylic acids is 2. The fourth-order valence-corrected chi connectivity index (χ4v) is 7.46. The Morgan fingerprint density at radius 1 is 0.557 bits per heavy atom. The van der Waals surface area contributed by atoms with E-state index in [1.807, 2.05) is 18.2 Å². The highest BCUT2D eigenvalue weighted by Crippen LogP contribution is 2.43.